The molecule has 0 aliphatic carbocycles. The number of rotatable bonds is 9. The molecule has 2 fully saturated rings. The van der Waals surface area contributed by atoms with Crippen molar-refractivity contribution in [2.24, 2.45) is 0 Å². The molecule has 36 heavy (non-hydrogen) atoms. The highest BCUT2D eigenvalue weighted by molar-refractivity contribution is 5.70. The normalized spacial score (nSPS) is 27.6. The van der Waals surface area contributed by atoms with E-state index in [0.717, 1.165) is 37.7 Å². The summed E-state index contributed by atoms with van der Waals surface area (Å²) in [5, 5.41) is 0. The van der Waals surface area contributed by atoms with Gasteiger partial charge in [-0.3, -0.25) is 9.59 Å². The molecule has 3 rings (SSSR count). The molecule has 8 heteroatoms. The minimum atomic E-state index is -0.638. The van der Waals surface area contributed by atoms with Crippen LogP contribution in [0.5, 0.6) is 0 Å². The summed E-state index contributed by atoms with van der Waals surface area (Å²) >= 11 is 0. The standard InChI is InChI=1S/C28H40O8/c1-21(29)35-27-23(15-9-10-16-25(30)31-2)36-24(20-32-19-22-13-7-6-8-14-22)26-28(27)34-18-12-5-3-4-11-17-33-26/h6-10,13-14,23-24,26-28H,3-5,11-12,15-20H2,1-2H3/b10-9-/t23-,24-,26+,27-,28+/m0/s1. The number of carbonyl (C=O) groups is 2. The molecule has 1 aromatic carbocycles. The van der Waals surface area contributed by atoms with E-state index in [4.69, 9.17) is 28.4 Å². The Morgan fingerprint density at radius 2 is 1.64 bits per heavy atom. The summed E-state index contributed by atoms with van der Waals surface area (Å²) in [6, 6.07) is 9.96. The summed E-state index contributed by atoms with van der Waals surface area (Å²) in [7, 11) is 1.36. The number of hydrogen-bond donors (Lipinski definition) is 0. The lowest BCUT2D eigenvalue weighted by molar-refractivity contribution is -0.260. The molecule has 0 aromatic heterocycles. The number of ether oxygens (including phenoxy) is 6. The van der Waals surface area contributed by atoms with Crippen LogP contribution in [0.1, 0.15) is 57.4 Å². The van der Waals surface area contributed by atoms with Crippen molar-refractivity contribution in [3.8, 4) is 0 Å². The molecule has 1 aromatic rings. The zero-order valence-electron chi connectivity index (χ0n) is 21.5. The number of hydrogen-bond acceptors (Lipinski definition) is 8. The van der Waals surface area contributed by atoms with Gasteiger partial charge in [0.25, 0.3) is 0 Å². The SMILES string of the molecule is COC(=O)C/C=C\C[C@@H]1O[C@@H](COCc2ccccc2)[C@H]2OCCCCCCCO[C@H]2[C@H]1OC(C)=O. The van der Waals surface area contributed by atoms with Gasteiger partial charge >= 0.3 is 11.9 Å². The van der Waals surface area contributed by atoms with E-state index in [1.165, 1.54) is 14.0 Å². The monoisotopic (exact) mass is 504 g/mol. The van der Waals surface area contributed by atoms with Crippen LogP contribution in [0.3, 0.4) is 0 Å². The molecule has 5 atom stereocenters. The Kier molecular flexibility index (Phi) is 12.4. The molecule has 2 heterocycles. The Morgan fingerprint density at radius 3 is 2.33 bits per heavy atom. The Balaban J connectivity index is 1.78. The summed E-state index contributed by atoms with van der Waals surface area (Å²) in [4.78, 5) is 23.5. The summed E-state index contributed by atoms with van der Waals surface area (Å²) in [5.41, 5.74) is 1.07. The maximum Gasteiger partial charge on any atom is 0.309 e. The van der Waals surface area contributed by atoms with Gasteiger partial charge in [0, 0.05) is 20.1 Å². The third-order valence-electron chi connectivity index (χ3n) is 6.38. The predicted molar refractivity (Wildman–Crippen MR) is 133 cm³/mol. The molecule has 8 nitrogen and oxygen atoms in total. The second-order valence-electron chi connectivity index (χ2n) is 9.21. The molecule has 0 unspecified atom stereocenters. The Morgan fingerprint density at radius 1 is 0.944 bits per heavy atom. The first-order valence-electron chi connectivity index (χ1n) is 13.0. The van der Waals surface area contributed by atoms with Crippen LogP contribution in [-0.4, -0.2) is 69.4 Å². The highest BCUT2D eigenvalue weighted by Crippen LogP contribution is 2.31. The third-order valence-corrected chi connectivity index (χ3v) is 6.38. The predicted octanol–water partition coefficient (Wildman–Crippen LogP) is 4.15. The molecule has 0 N–H and O–H groups in total. The fourth-order valence-electron chi connectivity index (χ4n) is 4.57. The maximum atomic E-state index is 12.1. The zero-order valence-corrected chi connectivity index (χ0v) is 21.5. The Hall–Kier alpha value is -2.26. The van der Waals surface area contributed by atoms with Crippen molar-refractivity contribution in [3.05, 3.63) is 48.0 Å². The van der Waals surface area contributed by atoms with Gasteiger partial charge in [-0.15, -0.1) is 0 Å². The van der Waals surface area contributed by atoms with Crippen LogP contribution in [0.25, 0.3) is 0 Å². The molecule has 2 aliphatic rings. The first-order chi connectivity index (χ1) is 17.6. The van der Waals surface area contributed by atoms with Gasteiger partial charge in [-0.25, -0.2) is 0 Å². The molecule has 0 saturated carbocycles. The first-order valence-corrected chi connectivity index (χ1v) is 13.0. The van der Waals surface area contributed by atoms with Crippen molar-refractivity contribution in [2.75, 3.05) is 26.9 Å². The van der Waals surface area contributed by atoms with E-state index in [1.807, 2.05) is 36.4 Å². The van der Waals surface area contributed by atoms with Crippen molar-refractivity contribution < 1.29 is 38.0 Å². The highest BCUT2D eigenvalue weighted by atomic mass is 16.6. The van der Waals surface area contributed by atoms with Gasteiger partial charge in [-0.2, -0.15) is 0 Å². The van der Waals surface area contributed by atoms with E-state index in [9.17, 15) is 9.59 Å². The molecule has 0 spiro atoms. The minimum Gasteiger partial charge on any atom is -0.469 e. The maximum absolute atomic E-state index is 12.1. The van der Waals surface area contributed by atoms with Gasteiger partial charge in [0.05, 0.1) is 26.7 Å². The summed E-state index contributed by atoms with van der Waals surface area (Å²) in [6.07, 6.45) is 7.02. The Bertz CT molecular complexity index is 811. The van der Waals surface area contributed by atoms with E-state index in [2.05, 4.69) is 0 Å². The van der Waals surface area contributed by atoms with Gasteiger partial charge in [-0.1, -0.05) is 61.7 Å². The quantitative estimate of drug-likeness (QED) is 0.366. The molecular formula is C28H40O8. The van der Waals surface area contributed by atoms with Gasteiger partial charge in [-0.05, 0) is 24.8 Å². The Labute approximate surface area is 214 Å². The lowest BCUT2D eigenvalue weighted by Crippen LogP contribution is -2.61. The number of fused-ring (bicyclic) bond motifs is 1. The van der Waals surface area contributed by atoms with E-state index in [0.29, 0.717) is 32.8 Å². The molecule has 2 saturated heterocycles. The molecule has 0 radical (unpaired) electrons. The molecule has 200 valence electrons. The average Bonchev–Trinajstić information content (AvgIpc) is 2.93. The average molecular weight is 505 g/mol. The highest BCUT2D eigenvalue weighted by Gasteiger charge is 2.48. The van der Waals surface area contributed by atoms with Crippen LogP contribution in [0.15, 0.2) is 42.5 Å². The van der Waals surface area contributed by atoms with Crippen molar-refractivity contribution in [1.82, 2.24) is 0 Å². The molecule has 0 bridgehead atoms. The van der Waals surface area contributed by atoms with Gasteiger partial charge in [0.1, 0.15) is 24.4 Å². The fourth-order valence-corrected chi connectivity index (χ4v) is 4.57. The number of benzene rings is 1. The van der Waals surface area contributed by atoms with E-state index >= 15 is 0 Å². The fraction of sp³-hybridized carbons (Fsp3) is 0.643. The topological polar surface area (TPSA) is 89.5 Å². The number of esters is 2. The van der Waals surface area contributed by atoms with Crippen molar-refractivity contribution >= 4 is 11.9 Å². The number of methoxy groups -OCH3 is 1. The van der Waals surface area contributed by atoms with Gasteiger partial charge < -0.3 is 28.4 Å². The molecule has 2 aliphatic heterocycles. The second-order valence-corrected chi connectivity index (χ2v) is 9.21. The van der Waals surface area contributed by atoms with Crippen LogP contribution in [0, 0.1) is 0 Å². The smallest absolute Gasteiger partial charge is 0.309 e. The lowest BCUT2D eigenvalue weighted by atomic mass is 9.92. The zero-order chi connectivity index (χ0) is 25.6. The summed E-state index contributed by atoms with van der Waals surface area (Å²) in [5.74, 6) is -0.720. The van der Waals surface area contributed by atoms with E-state index in [-0.39, 0.29) is 12.4 Å². The summed E-state index contributed by atoms with van der Waals surface area (Å²) < 4.78 is 35.6. The first kappa shape index (κ1) is 28.3. The van der Waals surface area contributed by atoms with Crippen molar-refractivity contribution in [1.29, 1.82) is 0 Å². The van der Waals surface area contributed by atoms with E-state index in [1.54, 1.807) is 6.08 Å². The van der Waals surface area contributed by atoms with Crippen molar-refractivity contribution in [3.63, 3.8) is 0 Å². The van der Waals surface area contributed by atoms with Crippen molar-refractivity contribution in [2.45, 2.75) is 89.0 Å². The molecule has 0 amide bonds. The largest absolute Gasteiger partial charge is 0.469 e. The van der Waals surface area contributed by atoms with Crippen LogP contribution < -0.4 is 0 Å². The second kappa shape index (κ2) is 15.8. The van der Waals surface area contributed by atoms with Crippen LogP contribution in [0.2, 0.25) is 0 Å². The third kappa shape index (κ3) is 9.32. The van der Waals surface area contributed by atoms with Gasteiger partial charge in [0.2, 0.25) is 0 Å². The number of carbonyl (C=O) groups excluding carboxylic acids is 2. The van der Waals surface area contributed by atoms with Crippen LogP contribution in [0.4, 0.5) is 0 Å². The van der Waals surface area contributed by atoms with Crippen LogP contribution in [-0.2, 0) is 44.6 Å². The van der Waals surface area contributed by atoms with Gasteiger partial charge in [0.15, 0.2) is 6.10 Å². The minimum absolute atomic E-state index is 0.163. The van der Waals surface area contributed by atoms with E-state index < -0.39 is 36.5 Å². The summed E-state index contributed by atoms with van der Waals surface area (Å²) in [6.45, 7) is 3.30. The lowest BCUT2D eigenvalue weighted by Gasteiger charge is -2.45. The van der Waals surface area contributed by atoms with Crippen LogP contribution >= 0.6 is 0 Å². The molecular weight excluding hydrogens is 464 g/mol.